The number of piperidine rings is 1. The lowest BCUT2D eigenvalue weighted by Gasteiger charge is -2.24. The van der Waals surface area contributed by atoms with Gasteiger partial charge in [0.1, 0.15) is 5.82 Å². The minimum Gasteiger partial charge on any atom is -0.504 e. The van der Waals surface area contributed by atoms with Gasteiger partial charge in [-0.15, -0.1) is 0 Å². The molecule has 0 bridgehead atoms. The van der Waals surface area contributed by atoms with Crippen molar-refractivity contribution in [3.8, 4) is 11.5 Å². The van der Waals surface area contributed by atoms with Gasteiger partial charge in [0, 0.05) is 24.1 Å². The predicted molar refractivity (Wildman–Crippen MR) is 59.4 cm³/mol. The van der Waals surface area contributed by atoms with E-state index in [9.17, 15) is 13.9 Å². The maximum Gasteiger partial charge on any atom is 0.197 e. The van der Waals surface area contributed by atoms with Crippen LogP contribution < -0.4 is 10.1 Å². The first-order chi connectivity index (χ1) is 8.15. The molecule has 1 aliphatic rings. The second kappa shape index (κ2) is 4.87. The maximum absolute atomic E-state index is 13.7. The first-order valence-electron chi connectivity index (χ1n) is 5.60. The number of halogens is 2. The lowest BCUT2D eigenvalue weighted by molar-refractivity contribution is 0.336. The van der Waals surface area contributed by atoms with E-state index in [0.29, 0.717) is 6.54 Å². The van der Waals surface area contributed by atoms with Crippen LogP contribution in [-0.4, -0.2) is 25.3 Å². The zero-order chi connectivity index (χ0) is 12.4. The molecule has 3 nitrogen and oxygen atoms in total. The van der Waals surface area contributed by atoms with E-state index in [1.54, 1.807) is 0 Å². The summed E-state index contributed by atoms with van der Waals surface area (Å²) in [5.74, 6) is -2.44. The minimum absolute atomic E-state index is 0.141. The van der Waals surface area contributed by atoms with Crippen LogP contribution in [0.25, 0.3) is 0 Å². The molecule has 2 N–H and O–H groups in total. The van der Waals surface area contributed by atoms with E-state index in [2.05, 4.69) is 5.32 Å². The number of ether oxygens (including phenoxy) is 1. The Labute approximate surface area is 98.4 Å². The average Bonchev–Trinajstić information content (AvgIpc) is 2.30. The Kier molecular flexibility index (Phi) is 3.47. The molecule has 1 saturated heterocycles. The van der Waals surface area contributed by atoms with Gasteiger partial charge in [0.05, 0.1) is 7.11 Å². The van der Waals surface area contributed by atoms with Crippen LogP contribution in [0.5, 0.6) is 11.5 Å². The number of benzene rings is 1. The molecule has 17 heavy (non-hydrogen) atoms. The molecule has 1 unspecified atom stereocenters. The van der Waals surface area contributed by atoms with Crippen LogP contribution in [0.4, 0.5) is 8.78 Å². The van der Waals surface area contributed by atoms with Gasteiger partial charge in [0.15, 0.2) is 17.3 Å². The molecule has 1 atom stereocenters. The molecule has 1 heterocycles. The summed E-state index contributed by atoms with van der Waals surface area (Å²) in [5.41, 5.74) is 0.149. The van der Waals surface area contributed by atoms with Gasteiger partial charge >= 0.3 is 0 Å². The Balaban J connectivity index is 2.44. The first kappa shape index (κ1) is 12.1. The van der Waals surface area contributed by atoms with Crippen molar-refractivity contribution < 1.29 is 18.6 Å². The van der Waals surface area contributed by atoms with Gasteiger partial charge in [-0.2, -0.15) is 0 Å². The van der Waals surface area contributed by atoms with E-state index < -0.39 is 17.4 Å². The smallest absolute Gasteiger partial charge is 0.197 e. The molecule has 2 rings (SSSR count). The summed E-state index contributed by atoms with van der Waals surface area (Å²) in [4.78, 5) is 0. The lowest BCUT2D eigenvalue weighted by atomic mass is 9.90. The highest BCUT2D eigenvalue weighted by Gasteiger charge is 2.26. The number of rotatable bonds is 2. The minimum atomic E-state index is -0.880. The van der Waals surface area contributed by atoms with Gasteiger partial charge in [0.25, 0.3) is 0 Å². The second-order valence-corrected chi connectivity index (χ2v) is 4.18. The fourth-order valence-corrected chi connectivity index (χ4v) is 2.28. The summed E-state index contributed by atoms with van der Waals surface area (Å²) in [7, 11) is 1.25. The summed E-state index contributed by atoms with van der Waals surface area (Å²) < 4.78 is 31.8. The topological polar surface area (TPSA) is 41.5 Å². The van der Waals surface area contributed by atoms with Crippen LogP contribution in [0.3, 0.4) is 0 Å². The molecule has 1 aliphatic heterocycles. The number of hydrogen-bond acceptors (Lipinski definition) is 3. The van der Waals surface area contributed by atoms with Crippen LogP contribution in [0.2, 0.25) is 0 Å². The van der Waals surface area contributed by atoms with E-state index in [1.165, 1.54) is 7.11 Å². The molecule has 0 aromatic heterocycles. The number of aromatic hydroxyl groups is 1. The van der Waals surface area contributed by atoms with E-state index >= 15 is 0 Å². The van der Waals surface area contributed by atoms with E-state index in [0.717, 1.165) is 25.5 Å². The van der Waals surface area contributed by atoms with E-state index in [1.807, 2.05) is 0 Å². The molecular weight excluding hydrogens is 228 g/mol. The highest BCUT2D eigenvalue weighted by Crippen LogP contribution is 2.40. The molecule has 0 radical (unpaired) electrons. The first-order valence-corrected chi connectivity index (χ1v) is 5.60. The summed E-state index contributed by atoms with van der Waals surface area (Å²) in [6, 6.07) is 0.766. The highest BCUT2D eigenvalue weighted by atomic mass is 19.1. The SMILES string of the molecule is COc1c(F)cc(F)c(C2CCCNC2)c1O. The van der Waals surface area contributed by atoms with Crippen molar-refractivity contribution in [2.45, 2.75) is 18.8 Å². The quantitative estimate of drug-likeness (QED) is 0.836. The molecule has 0 saturated carbocycles. The Morgan fingerprint density at radius 3 is 2.76 bits per heavy atom. The molecule has 0 aliphatic carbocycles. The monoisotopic (exact) mass is 243 g/mol. The van der Waals surface area contributed by atoms with Gasteiger partial charge in [-0.05, 0) is 19.4 Å². The third-order valence-electron chi connectivity index (χ3n) is 3.11. The molecule has 1 aromatic rings. The van der Waals surface area contributed by atoms with Crippen LogP contribution >= 0.6 is 0 Å². The van der Waals surface area contributed by atoms with Gasteiger partial charge in [0.2, 0.25) is 0 Å². The third kappa shape index (κ3) is 2.20. The third-order valence-corrected chi connectivity index (χ3v) is 3.11. The zero-order valence-electron chi connectivity index (χ0n) is 9.59. The fraction of sp³-hybridized carbons (Fsp3) is 0.500. The summed E-state index contributed by atoms with van der Waals surface area (Å²) >= 11 is 0. The summed E-state index contributed by atoms with van der Waals surface area (Å²) in [6.45, 7) is 1.47. The maximum atomic E-state index is 13.7. The molecule has 5 heteroatoms. The van der Waals surface area contributed by atoms with E-state index in [-0.39, 0.29) is 17.2 Å². The predicted octanol–water partition coefficient (Wildman–Crippen LogP) is 2.15. The second-order valence-electron chi connectivity index (χ2n) is 4.18. The largest absolute Gasteiger partial charge is 0.504 e. The van der Waals surface area contributed by atoms with Crippen molar-refractivity contribution in [3.63, 3.8) is 0 Å². The van der Waals surface area contributed by atoms with Crippen molar-refractivity contribution in [2.75, 3.05) is 20.2 Å². The van der Waals surface area contributed by atoms with Gasteiger partial charge in [-0.3, -0.25) is 0 Å². The summed E-state index contributed by atoms with van der Waals surface area (Å²) in [6.07, 6.45) is 1.68. The van der Waals surface area contributed by atoms with Crippen molar-refractivity contribution in [3.05, 3.63) is 23.3 Å². The van der Waals surface area contributed by atoms with Crippen LogP contribution in [-0.2, 0) is 0 Å². The van der Waals surface area contributed by atoms with Crippen molar-refractivity contribution in [1.29, 1.82) is 0 Å². The average molecular weight is 243 g/mol. The number of nitrogens with one attached hydrogen (secondary N) is 1. The number of methoxy groups -OCH3 is 1. The number of phenolic OH excluding ortho intramolecular Hbond substituents is 1. The number of phenols is 1. The molecule has 1 fully saturated rings. The van der Waals surface area contributed by atoms with Crippen molar-refractivity contribution in [1.82, 2.24) is 5.32 Å². The molecular formula is C12H15F2NO2. The van der Waals surface area contributed by atoms with Crippen LogP contribution in [0.1, 0.15) is 24.3 Å². The standard InChI is InChI=1S/C12H15F2NO2/c1-17-12-9(14)5-8(13)10(11(12)16)7-3-2-4-15-6-7/h5,7,15-16H,2-4,6H2,1H3. The molecule has 0 amide bonds. The summed E-state index contributed by atoms with van der Waals surface area (Å²) in [5, 5.41) is 13.0. The Bertz CT molecular complexity index is 417. The molecule has 0 spiro atoms. The van der Waals surface area contributed by atoms with Gasteiger partial charge in [-0.25, -0.2) is 8.78 Å². The van der Waals surface area contributed by atoms with Crippen LogP contribution in [0.15, 0.2) is 6.07 Å². The van der Waals surface area contributed by atoms with Crippen LogP contribution in [0, 0.1) is 11.6 Å². The van der Waals surface area contributed by atoms with Gasteiger partial charge in [-0.1, -0.05) is 0 Å². The zero-order valence-corrected chi connectivity index (χ0v) is 9.59. The van der Waals surface area contributed by atoms with Gasteiger partial charge < -0.3 is 15.2 Å². The lowest BCUT2D eigenvalue weighted by Crippen LogP contribution is -2.29. The van der Waals surface area contributed by atoms with Crippen molar-refractivity contribution >= 4 is 0 Å². The highest BCUT2D eigenvalue weighted by molar-refractivity contribution is 5.49. The Hall–Kier alpha value is -1.36. The number of hydrogen-bond donors (Lipinski definition) is 2. The fourth-order valence-electron chi connectivity index (χ4n) is 2.28. The normalized spacial score (nSPS) is 20.3. The molecule has 1 aromatic carbocycles. The van der Waals surface area contributed by atoms with Crippen molar-refractivity contribution in [2.24, 2.45) is 0 Å². The Morgan fingerprint density at radius 1 is 1.41 bits per heavy atom. The molecule has 94 valence electrons. The Morgan fingerprint density at radius 2 is 2.18 bits per heavy atom. The van der Waals surface area contributed by atoms with E-state index in [4.69, 9.17) is 4.74 Å².